The maximum Gasteiger partial charge on any atom is 0.261 e. The molecule has 0 atom stereocenters. The summed E-state index contributed by atoms with van der Waals surface area (Å²) in [6.07, 6.45) is 2.36. The molecule has 174 valence electrons. The first-order chi connectivity index (χ1) is 16.0. The lowest BCUT2D eigenvalue weighted by molar-refractivity contribution is -0.131. The van der Waals surface area contributed by atoms with Gasteiger partial charge >= 0.3 is 0 Å². The first kappa shape index (κ1) is 22.4. The number of aryl methyl sites for hydroxylation is 1. The van der Waals surface area contributed by atoms with Crippen molar-refractivity contribution in [1.82, 2.24) is 14.5 Å². The zero-order valence-corrected chi connectivity index (χ0v) is 19.0. The fraction of sp³-hybridized carbons (Fsp3) is 0.375. The van der Waals surface area contributed by atoms with Crippen LogP contribution in [0.4, 0.5) is 0 Å². The number of carbonyl (C=O) groups is 1. The van der Waals surface area contributed by atoms with Crippen molar-refractivity contribution < 1.29 is 23.7 Å². The monoisotopic (exact) mass is 453 g/mol. The molecule has 0 bridgehead atoms. The van der Waals surface area contributed by atoms with Gasteiger partial charge in [-0.05, 0) is 37.1 Å². The number of fused-ring (bicyclic) bond motifs is 2. The summed E-state index contributed by atoms with van der Waals surface area (Å²) < 4.78 is 22.9. The predicted molar refractivity (Wildman–Crippen MR) is 122 cm³/mol. The van der Waals surface area contributed by atoms with Gasteiger partial charge in [0.15, 0.2) is 23.0 Å². The van der Waals surface area contributed by atoms with E-state index in [2.05, 4.69) is 4.98 Å². The van der Waals surface area contributed by atoms with Gasteiger partial charge in [-0.3, -0.25) is 14.2 Å². The molecular weight excluding hydrogens is 426 g/mol. The van der Waals surface area contributed by atoms with Gasteiger partial charge in [-0.2, -0.15) is 0 Å². The average Bonchev–Trinajstić information content (AvgIpc) is 3.31. The topological polar surface area (TPSA) is 92.1 Å². The normalized spacial score (nSPS) is 12.1. The van der Waals surface area contributed by atoms with Gasteiger partial charge in [0.25, 0.3) is 5.56 Å². The van der Waals surface area contributed by atoms with Crippen molar-refractivity contribution in [3.8, 4) is 23.0 Å². The molecule has 0 aliphatic carbocycles. The summed E-state index contributed by atoms with van der Waals surface area (Å²) in [7, 11) is 3.06. The Morgan fingerprint density at radius 1 is 1.12 bits per heavy atom. The second-order valence-corrected chi connectivity index (χ2v) is 7.67. The molecular formula is C24H27N3O6. The van der Waals surface area contributed by atoms with E-state index in [0.29, 0.717) is 60.6 Å². The molecule has 9 heteroatoms. The molecule has 0 radical (unpaired) electrons. The molecule has 0 N–H and O–H groups in total. The van der Waals surface area contributed by atoms with Crippen LogP contribution in [0.2, 0.25) is 0 Å². The summed E-state index contributed by atoms with van der Waals surface area (Å²) in [5.41, 5.74) is 1.33. The number of amides is 1. The van der Waals surface area contributed by atoms with E-state index in [1.165, 1.54) is 25.1 Å². The van der Waals surface area contributed by atoms with Crippen LogP contribution in [-0.4, -0.2) is 47.9 Å². The molecule has 0 unspecified atom stereocenters. The van der Waals surface area contributed by atoms with Crippen molar-refractivity contribution in [2.24, 2.45) is 0 Å². The van der Waals surface area contributed by atoms with Crippen molar-refractivity contribution in [2.45, 2.75) is 32.9 Å². The Hall–Kier alpha value is -3.75. The van der Waals surface area contributed by atoms with Crippen molar-refractivity contribution in [3.63, 3.8) is 0 Å². The molecule has 0 fully saturated rings. The van der Waals surface area contributed by atoms with Crippen LogP contribution >= 0.6 is 0 Å². The number of carbonyl (C=O) groups excluding carboxylic acids is 1. The molecule has 2 aromatic carbocycles. The molecule has 2 heterocycles. The summed E-state index contributed by atoms with van der Waals surface area (Å²) in [5, 5.41) is 0.444. The fourth-order valence-corrected chi connectivity index (χ4v) is 3.84. The molecule has 3 aromatic rings. The average molecular weight is 453 g/mol. The number of rotatable bonds is 9. The highest BCUT2D eigenvalue weighted by Crippen LogP contribution is 2.33. The molecule has 1 amide bonds. The highest BCUT2D eigenvalue weighted by Gasteiger charge is 2.17. The minimum atomic E-state index is -0.180. The third kappa shape index (κ3) is 4.72. The third-order valence-corrected chi connectivity index (χ3v) is 5.66. The first-order valence-electron chi connectivity index (χ1n) is 10.8. The Morgan fingerprint density at radius 2 is 1.88 bits per heavy atom. The molecule has 4 rings (SSSR count). The molecule has 33 heavy (non-hydrogen) atoms. The van der Waals surface area contributed by atoms with Crippen molar-refractivity contribution in [2.75, 3.05) is 27.6 Å². The van der Waals surface area contributed by atoms with E-state index >= 15 is 0 Å². The van der Waals surface area contributed by atoms with Gasteiger partial charge in [-0.25, -0.2) is 4.98 Å². The molecule has 0 saturated carbocycles. The summed E-state index contributed by atoms with van der Waals surface area (Å²) in [6, 6.07) is 9.02. The maximum atomic E-state index is 12.9. The zero-order valence-electron chi connectivity index (χ0n) is 19.0. The number of benzene rings is 2. The van der Waals surface area contributed by atoms with E-state index < -0.39 is 0 Å². The quantitative estimate of drug-likeness (QED) is 0.492. The minimum absolute atomic E-state index is 0.0309. The summed E-state index contributed by atoms with van der Waals surface area (Å²) in [4.78, 5) is 31.9. The number of aromatic nitrogens is 2. The van der Waals surface area contributed by atoms with Gasteiger partial charge in [-0.15, -0.1) is 0 Å². The molecule has 0 spiro atoms. The summed E-state index contributed by atoms with van der Waals surface area (Å²) in [5.74, 6) is 2.44. The van der Waals surface area contributed by atoms with Crippen LogP contribution < -0.4 is 24.5 Å². The van der Waals surface area contributed by atoms with E-state index in [1.807, 2.05) is 25.1 Å². The van der Waals surface area contributed by atoms with E-state index in [4.69, 9.17) is 18.9 Å². The van der Waals surface area contributed by atoms with Crippen LogP contribution in [0.3, 0.4) is 0 Å². The molecule has 1 aliphatic rings. The predicted octanol–water partition coefficient (Wildman–Crippen LogP) is 2.97. The lowest BCUT2D eigenvalue weighted by atomic mass is 10.1. The van der Waals surface area contributed by atoms with Gasteiger partial charge in [-0.1, -0.05) is 6.07 Å². The van der Waals surface area contributed by atoms with E-state index in [1.54, 1.807) is 17.0 Å². The van der Waals surface area contributed by atoms with Gasteiger partial charge in [0.2, 0.25) is 12.7 Å². The summed E-state index contributed by atoms with van der Waals surface area (Å²) in [6.45, 7) is 3.64. The highest BCUT2D eigenvalue weighted by atomic mass is 16.7. The molecule has 1 aliphatic heterocycles. The lowest BCUT2D eigenvalue weighted by Crippen LogP contribution is -2.30. The standard InChI is InChI=1S/C24H27N3O6/c1-4-26(13-16-7-8-19-22(10-16)33-15-32-19)23(28)6-5-9-27-14-25-18-12-21(31-3)20(30-2)11-17(18)24(27)29/h7-8,10-12,14H,4-6,9,13,15H2,1-3H3. The SMILES string of the molecule is CCN(Cc1ccc2c(c1)OCO2)C(=O)CCCn1cnc2cc(OC)c(OC)cc2c1=O. The van der Waals surface area contributed by atoms with Gasteiger partial charge in [0.05, 0.1) is 31.4 Å². The summed E-state index contributed by atoms with van der Waals surface area (Å²) >= 11 is 0. The fourth-order valence-electron chi connectivity index (χ4n) is 3.84. The zero-order chi connectivity index (χ0) is 23.4. The van der Waals surface area contributed by atoms with Crippen molar-refractivity contribution >= 4 is 16.8 Å². The number of ether oxygens (including phenoxy) is 4. The van der Waals surface area contributed by atoms with Crippen molar-refractivity contribution in [3.05, 3.63) is 52.6 Å². The smallest absolute Gasteiger partial charge is 0.261 e. The highest BCUT2D eigenvalue weighted by molar-refractivity contribution is 5.81. The van der Waals surface area contributed by atoms with Gasteiger partial charge in [0.1, 0.15) is 0 Å². The number of hydrogen-bond acceptors (Lipinski definition) is 7. The van der Waals surface area contributed by atoms with Crippen LogP contribution in [0.5, 0.6) is 23.0 Å². The lowest BCUT2D eigenvalue weighted by Gasteiger charge is -2.21. The molecule has 1 aromatic heterocycles. The first-order valence-corrected chi connectivity index (χ1v) is 10.8. The van der Waals surface area contributed by atoms with Crippen LogP contribution in [0.25, 0.3) is 10.9 Å². The minimum Gasteiger partial charge on any atom is -0.493 e. The van der Waals surface area contributed by atoms with Crippen LogP contribution in [0.1, 0.15) is 25.3 Å². The number of methoxy groups -OCH3 is 2. The van der Waals surface area contributed by atoms with Crippen LogP contribution in [-0.2, 0) is 17.9 Å². The molecule has 9 nitrogen and oxygen atoms in total. The third-order valence-electron chi connectivity index (χ3n) is 5.66. The van der Waals surface area contributed by atoms with Crippen LogP contribution in [0.15, 0.2) is 41.5 Å². The Morgan fingerprint density at radius 3 is 2.64 bits per heavy atom. The van der Waals surface area contributed by atoms with E-state index in [-0.39, 0.29) is 18.3 Å². The molecule has 0 saturated heterocycles. The number of nitrogens with zero attached hydrogens (tertiary/aromatic N) is 3. The van der Waals surface area contributed by atoms with E-state index in [9.17, 15) is 9.59 Å². The Balaban J connectivity index is 1.40. The second kappa shape index (κ2) is 9.81. The second-order valence-electron chi connectivity index (χ2n) is 7.67. The largest absolute Gasteiger partial charge is 0.493 e. The maximum absolute atomic E-state index is 12.9. The Labute approximate surface area is 191 Å². The van der Waals surface area contributed by atoms with Crippen molar-refractivity contribution in [1.29, 1.82) is 0 Å². The number of hydrogen-bond donors (Lipinski definition) is 0. The van der Waals surface area contributed by atoms with Gasteiger partial charge in [0, 0.05) is 32.1 Å². The van der Waals surface area contributed by atoms with E-state index in [0.717, 1.165) is 11.3 Å². The Bertz CT molecular complexity index is 1220. The van der Waals surface area contributed by atoms with Gasteiger partial charge < -0.3 is 23.8 Å². The Kier molecular flexibility index (Phi) is 6.67. The van der Waals surface area contributed by atoms with Crippen LogP contribution in [0, 0.1) is 0 Å².